The average Bonchev–Trinajstić information content (AvgIpc) is 2.48. The number of sulfonamides is 1. The SMILES string of the molecule is Cc1ccc(CS(=O)(=O)NCCCc2ccccn2)cc1F. The van der Waals surface area contributed by atoms with E-state index in [0.29, 0.717) is 30.5 Å². The highest BCUT2D eigenvalue weighted by Crippen LogP contribution is 2.11. The summed E-state index contributed by atoms with van der Waals surface area (Å²) in [6.45, 7) is 1.98. The first-order valence-corrected chi connectivity index (χ1v) is 8.74. The minimum absolute atomic E-state index is 0.214. The number of nitrogens with zero attached hydrogens (tertiary/aromatic N) is 1. The lowest BCUT2D eigenvalue weighted by molar-refractivity contribution is 0.577. The maximum Gasteiger partial charge on any atom is 0.215 e. The molecule has 0 amide bonds. The quantitative estimate of drug-likeness (QED) is 0.797. The molecule has 4 nitrogen and oxygen atoms in total. The number of halogens is 1. The molecule has 1 aromatic heterocycles. The molecule has 0 saturated carbocycles. The highest BCUT2D eigenvalue weighted by Gasteiger charge is 2.12. The summed E-state index contributed by atoms with van der Waals surface area (Å²) < 4.78 is 39.9. The fraction of sp³-hybridized carbons (Fsp3) is 0.312. The third-order valence-corrected chi connectivity index (χ3v) is 4.61. The number of nitrogens with one attached hydrogen (secondary N) is 1. The van der Waals surface area contributed by atoms with Gasteiger partial charge in [0, 0.05) is 18.4 Å². The Labute approximate surface area is 130 Å². The van der Waals surface area contributed by atoms with E-state index in [0.717, 1.165) is 5.69 Å². The molecule has 0 spiro atoms. The van der Waals surface area contributed by atoms with Crippen LogP contribution in [-0.2, 0) is 22.2 Å². The molecule has 0 bridgehead atoms. The van der Waals surface area contributed by atoms with E-state index >= 15 is 0 Å². The second-order valence-corrected chi connectivity index (χ2v) is 6.97. The number of benzene rings is 1. The van der Waals surface area contributed by atoms with E-state index in [1.807, 2.05) is 18.2 Å². The molecule has 118 valence electrons. The first kappa shape index (κ1) is 16.6. The van der Waals surface area contributed by atoms with Gasteiger partial charge in [0.1, 0.15) is 5.82 Å². The first-order chi connectivity index (χ1) is 10.5. The summed E-state index contributed by atoms with van der Waals surface area (Å²) >= 11 is 0. The van der Waals surface area contributed by atoms with Crippen LogP contribution >= 0.6 is 0 Å². The number of rotatable bonds is 7. The molecule has 1 N–H and O–H groups in total. The molecule has 0 atom stereocenters. The normalized spacial score (nSPS) is 11.5. The molecule has 0 unspecified atom stereocenters. The van der Waals surface area contributed by atoms with Crippen LogP contribution in [0.2, 0.25) is 0 Å². The summed E-state index contributed by atoms with van der Waals surface area (Å²) in [6.07, 6.45) is 3.09. The lowest BCUT2D eigenvalue weighted by Crippen LogP contribution is -2.26. The van der Waals surface area contributed by atoms with Gasteiger partial charge >= 0.3 is 0 Å². The van der Waals surface area contributed by atoms with Crippen LogP contribution in [0.1, 0.15) is 23.2 Å². The van der Waals surface area contributed by atoms with Gasteiger partial charge in [-0.2, -0.15) is 0 Å². The van der Waals surface area contributed by atoms with Crippen LogP contribution in [0.15, 0.2) is 42.6 Å². The molecule has 0 fully saturated rings. The van der Waals surface area contributed by atoms with E-state index in [-0.39, 0.29) is 11.6 Å². The van der Waals surface area contributed by atoms with Crippen molar-refractivity contribution in [2.75, 3.05) is 6.54 Å². The standard InChI is InChI=1S/C16H19FN2O2S/c1-13-7-8-14(11-16(13)17)12-22(20,21)19-10-4-6-15-5-2-3-9-18-15/h2-3,5,7-9,11,19H,4,6,10,12H2,1H3. The lowest BCUT2D eigenvalue weighted by atomic mass is 10.2. The van der Waals surface area contributed by atoms with E-state index in [9.17, 15) is 12.8 Å². The van der Waals surface area contributed by atoms with Gasteiger partial charge in [-0.05, 0) is 49.1 Å². The monoisotopic (exact) mass is 322 g/mol. The van der Waals surface area contributed by atoms with Crippen molar-refractivity contribution in [1.82, 2.24) is 9.71 Å². The zero-order valence-corrected chi connectivity index (χ0v) is 13.2. The van der Waals surface area contributed by atoms with Gasteiger partial charge in [0.05, 0.1) is 5.75 Å². The minimum atomic E-state index is -3.46. The van der Waals surface area contributed by atoms with Crippen molar-refractivity contribution >= 4 is 10.0 Å². The molecule has 0 saturated heterocycles. The van der Waals surface area contributed by atoms with E-state index in [1.54, 1.807) is 25.3 Å². The van der Waals surface area contributed by atoms with Gasteiger partial charge in [0.15, 0.2) is 0 Å². The zero-order chi connectivity index (χ0) is 16.0. The molecule has 1 aromatic carbocycles. The van der Waals surface area contributed by atoms with Gasteiger partial charge in [-0.1, -0.05) is 18.2 Å². The van der Waals surface area contributed by atoms with Crippen LogP contribution in [-0.4, -0.2) is 19.9 Å². The van der Waals surface area contributed by atoms with Crippen molar-refractivity contribution in [2.24, 2.45) is 0 Å². The fourth-order valence-corrected chi connectivity index (χ4v) is 3.22. The molecule has 0 aliphatic rings. The summed E-state index contributed by atoms with van der Waals surface area (Å²) in [5, 5.41) is 0. The van der Waals surface area contributed by atoms with Gasteiger partial charge in [-0.25, -0.2) is 17.5 Å². The molecule has 0 radical (unpaired) electrons. The Morgan fingerprint density at radius 1 is 1.23 bits per heavy atom. The molecule has 6 heteroatoms. The Balaban J connectivity index is 1.82. The fourth-order valence-electron chi connectivity index (χ4n) is 2.04. The van der Waals surface area contributed by atoms with E-state index in [1.165, 1.54) is 6.07 Å². The zero-order valence-electron chi connectivity index (χ0n) is 12.4. The van der Waals surface area contributed by atoms with Crippen molar-refractivity contribution in [2.45, 2.75) is 25.5 Å². The molecule has 0 aliphatic heterocycles. The minimum Gasteiger partial charge on any atom is -0.261 e. The third-order valence-electron chi connectivity index (χ3n) is 3.25. The topological polar surface area (TPSA) is 59.1 Å². The second kappa shape index (κ2) is 7.47. The van der Waals surface area contributed by atoms with Crippen molar-refractivity contribution in [3.63, 3.8) is 0 Å². The van der Waals surface area contributed by atoms with Gasteiger partial charge in [0.2, 0.25) is 10.0 Å². The van der Waals surface area contributed by atoms with E-state index in [4.69, 9.17) is 0 Å². The maximum atomic E-state index is 13.4. The molecule has 2 rings (SSSR count). The highest BCUT2D eigenvalue weighted by molar-refractivity contribution is 7.88. The van der Waals surface area contributed by atoms with Crippen LogP contribution in [0.4, 0.5) is 4.39 Å². The molecule has 2 aromatic rings. The summed E-state index contributed by atoms with van der Waals surface area (Å²) in [5.41, 5.74) is 1.88. The maximum absolute atomic E-state index is 13.4. The number of pyridine rings is 1. The number of hydrogen-bond acceptors (Lipinski definition) is 3. The Hall–Kier alpha value is -1.79. The van der Waals surface area contributed by atoms with Crippen molar-refractivity contribution in [3.8, 4) is 0 Å². The molecular formula is C16H19FN2O2S. The van der Waals surface area contributed by atoms with Gasteiger partial charge in [0.25, 0.3) is 0 Å². The van der Waals surface area contributed by atoms with Crippen LogP contribution in [0.25, 0.3) is 0 Å². The van der Waals surface area contributed by atoms with Gasteiger partial charge in [-0.3, -0.25) is 4.98 Å². The highest BCUT2D eigenvalue weighted by atomic mass is 32.2. The molecule has 0 aliphatic carbocycles. The van der Waals surface area contributed by atoms with Crippen molar-refractivity contribution in [1.29, 1.82) is 0 Å². The Bertz CT molecular complexity index is 718. The van der Waals surface area contributed by atoms with Gasteiger partial charge < -0.3 is 0 Å². The number of aryl methyl sites for hydroxylation is 2. The van der Waals surface area contributed by atoms with Gasteiger partial charge in [-0.15, -0.1) is 0 Å². The Morgan fingerprint density at radius 3 is 2.73 bits per heavy atom. The molecule has 1 heterocycles. The smallest absolute Gasteiger partial charge is 0.215 e. The second-order valence-electron chi connectivity index (χ2n) is 5.16. The van der Waals surface area contributed by atoms with Crippen molar-refractivity contribution in [3.05, 3.63) is 65.2 Å². The van der Waals surface area contributed by atoms with E-state index < -0.39 is 10.0 Å². The first-order valence-electron chi connectivity index (χ1n) is 7.08. The predicted molar refractivity (Wildman–Crippen MR) is 84.3 cm³/mol. The summed E-state index contributed by atoms with van der Waals surface area (Å²) in [7, 11) is -3.46. The van der Waals surface area contributed by atoms with Crippen molar-refractivity contribution < 1.29 is 12.8 Å². The number of aromatic nitrogens is 1. The van der Waals surface area contributed by atoms with Crippen LogP contribution < -0.4 is 4.72 Å². The summed E-state index contributed by atoms with van der Waals surface area (Å²) in [4.78, 5) is 4.18. The van der Waals surface area contributed by atoms with Crippen LogP contribution in [0.5, 0.6) is 0 Å². The molecule has 22 heavy (non-hydrogen) atoms. The summed E-state index contributed by atoms with van der Waals surface area (Å²) in [6, 6.07) is 10.1. The molecular weight excluding hydrogens is 303 g/mol. The summed E-state index contributed by atoms with van der Waals surface area (Å²) in [5.74, 6) is -0.601. The van der Waals surface area contributed by atoms with Crippen LogP contribution in [0.3, 0.4) is 0 Å². The lowest BCUT2D eigenvalue weighted by Gasteiger charge is -2.07. The predicted octanol–water partition coefficient (Wildman–Crippen LogP) is 2.58. The third kappa shape index (κ3) is 5.20. The largest absolute Gasteiger partial charge is 0.261 e. The van der Waals surface area contributed by atoms with Crippen LogP contribution in [0, 0.1) is 12.7 Å². The average molecular weight is 322 g/mol. The number of hydrogen-bond donors (Lipinski definition) is 1. The Kier molecular flexibility index (Phi) is 5.63. The van der Waals surface area contributed by atoms with E-state index in [2.05, 4.69) is 9.71 Å². The Morgan fingerprint density at radius 2 is 2.05 bits per heavy atom.